The van der Waals surface area contributed by atoms with Crippen LogP contribution in [0.2, 0.25) is 0 Å². The molecule has 0 heterocycles. The van der Waals surface area contributed by atoms with Gasteiger partial charge in [0.25, 0.3) is 0 Å². The summed E-state index contributed by atoms with van der Waals surface area (Å²) in [5, 5.41) is 0. The Balaban J connectivity index is 0.000000324. The Morgan fingerprint density at radius 1 is 0.333 bits per heavy atom. The Bertz CT molecular complexity index is 2400. The quantitative estimate of drug-likeness (QED) is 0.0372. The van der Waals surface area contributed by atoms with Gasteiger partial charge in [-0.2, -0.15) is 0 Å². The molecule has 0 N–H and O–H groups in total. The highest BCUT2D eigenvalue weighted by atomic mass is 127. The van der Waals surface area contributed by atoms with E-state index in [-0.39, 0.29) is 21.2 Å². The lowest BCUT2D eigenvalue weighted by molar-refractivity contribution is -0.597. The first kappa shape index (κ1) is 51.4. The molecular weight excluding hydrogens is 1060 g/mol. The van der Waals surface area contributed by atoms with Crippen LogP contribution in [-0.2, 0) is 9.47 Å². The van der Waals surface area contributed by atoms with E-state index in [9.17, 15) is 52.7 Å². The number of hydrogen-bond acceptors (Lipinski definition) is 3. The molecule has 0 saturated carbocycles. The average molecular weight is 1080 g/mol. The predicted molar refractivity (Wildman–Crippen MR) is 188 cm³/mol. The van der Waals surface area contributed by atoms with E-state index in [1.54, 1.807) is 7.11 Å². The van der Waals surface area contributed by atoms with Gasteiger partial charge in [-0.1, -0.05) is 18.2 Å². The van der Waals surface area contributed by atoms with Crippen molar-refractivity contribution < 1.29 is 123 Å². The van der Waals surface area contributed by atoms with Crippen molar-refractivity contribution in [1.29, 1.82) is 0 Å². The molecular formula is C41H20BF20IO3. The Hall–Kier alpha value is -5.57. The van der Waals surface area contributed by atoms with Gasteiger partial charge >= 0.3 is 21.2 Å². The number of methoxy groups -OCH3 is 1. The van der Waals surface area contributed by atoms with Gasteiger partial charge in [0.05, 0.1) is 19.8 Å². The van der Waals surface area contributed by atoms with Crippen molar-refractivity contribution in [2.45, 2.75) is 0 Å². The first-order valence-electron chi connectivity index (χ1n) is 17.8. The summed E-state index contributed by atoms with van der Waals surface area (Å²) < 4.78 is 313. The highest BCUT2D eigenvalue weighted by Gasteiger charge is 2.52. The minimum Gasteiger partial charge on any atom is -0.491 e. The topological polar surface area (TPSA) is 27.7 Å². The van der Waals surface area contributed by atoms with Crippen LogP contribution in [0, 0.1) is 123 Å². The Kier molecular flexibility index (Phi) is 16.3. The van der Waals surface area contributed by atoms with Crippen molar-refractivity contribution in [2.75, 3.05) is 33.5 Å². The van der Waals surface area contributed by atoms with Crippen LogP contribution in [0.15, 0.2) is 54.6 Å². The molecule has 0 aliphatic rings. The molecule has 0 fully saturated rings. The third kappa shape index (κ3) is 9.24. The van der Waals surface area contributed by atoms with Crippen molar-refractivity contribution in [2.24, 2.45) is 0 Å². The van der Waals surface area contributed by atoms with E-state index in [1.165, 1.54) is 7.14 Å². The molecule has 66 heavy (non-hydrogen) atoms. The lowest BCUT2D eigenvalue weighted by Crippen LogP contribution is -3.61. The smallest absolute Gasteiger partial charge is 0.357 e. The van der Waals surface area contributed by atoms with Crippen LogP contribution in [-0.4, -0.2) is 39.7 Å². The molecule has 0 atom stereocenters. The summed E-state index contributed by atoms with van der Waals surface area (Å²) in [6.45, 7) is 2.39. The van der Waals surface area contributed by atoms with Crippen molar-refractivity contribution in [3.05, 3.63) is 178 Å². The zero-order valence-electron chi connectivity index (χ0n) is 32.3. The van der Waals surface area contributed by atoms with Crippen LogP contribution in [0.25, 0.3) is 0 Å². The summed E-state index contributed by atoms with van der Waals surface area (Å²) in [6.07, 6.45) is -7.22. The molecule has 0 spiro atoms. The van der Waals surface area contributed by atoms with Gasteiger partial charge in [0, 0.05) is 7.11 Å². The van der Waals surface area contributed by atoms with Gasteiger partial charge in [-0.3, -0.25) is 0 Å². The molecule has 3 nitrogen and oxygen atoms in total. The molecule has 0 bridgehead atoms. The second kappa shape index (κ2) is 20.9. The van der Waals surface area contributed by atoms with Crippen molar-refractivity contribution >= 4 is 28.0 Å². The largest absolute Gasteiger partial charge is 0.491 e. The summed E-state index contributed by atoms with van der Waals surface area (Å²) >= 11 is -0.102. The lowest BCUT2D eigenvalue weighted by atomic mass is 9.12. The molecule has 0 saturated heterocycles. The van der Waals surface area contributed by atoms with E-state index in [0.717, 1.165) is 5.75 Å². The van der Waals surface area contributed by atoms with Gasteiger partial charge in [0.15, 0.2) is 76.9 Å². The van der Waals surface area contributed by atoms with Gasteiger partial charge in [-0.05, 0) is 36.4 Å². The number of rotatable bonds is 13. The second-order valence-corrected chi connectivity index (χ2v) is 16.1. The maximum atomic E-state index is 15.4. The summed E-state index contributed by atoms with van der Waals surface area (Å²) in [5.41, 5.74) is -14.3. The van der Waals surface area contributed by atoms with Crippen LogP contribution >= 0.6 is 0 Å². The van der Waals surface area contributed by atoms with Crippen LogP contribution in [0.3, 0.4) is 0 Å². The van der Waals surface area contributed by atoms with E-state index in [1.807, 2.05) is 12.1 Å². The summed E-state index contributed by atoms with van der Waals surface area (Å²) in [5.74, 6) is -70.5. The normalized spacial score (nSPS) is 11.5. The van der Waals surface area contributed by atoms with Crippen LogP contribution in [0.1, 0.15) is 0 Å². The van der Waals surface area contributed by atoms with Crippen molar-refractivity contribution in [1.82, 2.24) is 0 Å². The fourth-order valence-electron chi connectivity index (χ4n) is 6.53. The zero-order valence-corrected chi connectivity index (χ0v) is 34.4. The van der Waals surface area contributed by atoms with E-state index in [4.69, 9.17) is 14.2 Å². The average Bonchev–Trinajstić information content (AvgIpc) is 3.31. The molecule has 6 aromatic rings. The van der Waals surface area contributed by atoms with E-state index >= 15 is 35.1 Å². The number of benzene rings is 6. The molecule has 0 unspecified atom stereocenters. The molecule has 0 radical (unpaired) electrons. The van der Waals surface area contributed by atoms with Crippen LogP contribution in [0.4, 0.5) is 87.8 Å². The van der Waals surface area contributed by atoms with Gasteiger partial charge in [-0.25, -0.2) is 87.8 Å². The summed E-state index contributed by atoms with van der Waals surface area (Å²) in [4.78, 5) is 0. The van der Waals surface area contributed by atoms with Crippen molar-refractivity contribution in [3.8, 4) is 5.75 Å². The third-order valence-corrected chi connectivity index (χ3v) is 12.1. The first-order valence-corrected chi connectivity index (χ1v) is 20.0. The Morgan fingerprint density at radius 3 is 0.909 bits per heavy atom. The molecule has 6 rings (SSSR count). The first-order chi connectivity index (χ1) is 31.1. The molecule has 6 aromatic carbocycles. The number of halogens is 21. The third-order valence-electron chi connectivity index (χ3n) is 9.40. The number of ether oxygens (including phenoxy) is 3. The van der Waals surface area contributed by atoms with E-state index in [0.29, 0.717) is 26.4 Å². The maximum absolute atomic E-state index is 15.4. The highest BCUT2D eigenvalue weighted by molar-refractivity contribution is 7.20. The van der Waals surface area contributed by atoms with Gasteiger partial charge in [0.2, 0.25) is 0 Å². The molecule has 352 valence electrons. The summed E-state index contributed by atoms with van der Waals surface area (Å²) in [7, 11) is 1.67. The zero-order chi connectivity index (χ0) is 49.1. The minimum absolute atomic E-state index is 0.102. The second-order valence-electron chi connectivity index (χ2n) is 13.1. The molecule has 0 aromatic heterocycles. The fraction of sp³-hybridized carbons (Fsp3) is 0.122. The molecule has 0 aliphatic heterocycles. The molecule has 0 aliphatic carbocycles. The summed E-state index contributed by atoms with van der Waals surface area (Å²) in [6, 6.07) is 19.0. The predicted octanol–water partition coefficient (Wildman–Crippen LogP) is 5.70. The minimum atomic E-state index is -7.22. The Morgan fingerprint density at radius 2 is 0.606 bits per heavy atom. The maximum Gasteiger partial charge on any atom is 0.357 e. The highest BCUT2D eigenvalue weighted by Crippen LogP contribution is 2.30. The van der Waals surface area contributed by atoms with Crippen molar-refractivity contribution in [3.63, 3.8) is 0 Å². The van der Waals surface area contributed by atoms with E-state index < -0.39 is 144 Å². The van der Waals surface area contributed by atoms with Gasteiger partial charge in [0.1, 0.15) is 65.0 Å². The molecule has 25 heteroatoms. The number of hydrogen-bond donors (Lipinski definition) is 0. The molecule has 0 amide bonds. The standard InChI is InChI=1S/C24BF20.C17H20IO3/c26-5-1(6(27)14(35)21(42)13(5)34)25(2-7(28)15(36)22(43)16(37)8(2)29,3-9(30)17(38)23(44)18(39)10(3)31)4-11(32)19(40)24(45)20(41)12(4)33;1-19-11-12-20-13-14-21-17-9-7-16(8-10-17)18-15-5-3-2-4-6-15/h;2-10H,11-14H2,1H3/q-1;+1. The SMILES string of the molecule is COCCOCCOc1ccc([I+]c2ccccc2)cc1.Fc1c(F)c(F)c([B-](c2c(F)c(F)c(F)c(F)c2F)(c2c(F)c(F)c(F)c(F)c2F)c2c(F)c(F)c(F)c(F)c2F)c(F)c1F. The Labute approximate surface area is 367 Å². The van der Waals surface area contributed by atoms with Gasteiger partial charge < -0.3 is 14.2 Å². The van der Waals surface area contributed by atoms with Crippen LogP contribution < -0.4 is 47.8 Å². The van der Waals surface area contributed by atoms with Crippen LogP contribution in [0.5, 0.6) is 5.75 Å². The monoisotopic (exact) mass is 1080 g/mol. The van der Waals surface area contributed by atoms with E-state index in [2.05, 4.69) is 42.5 Å². The van der Waals surface area contributed by atoms with Gasteiger partial charge in [-0.15, -0.1) is 21.9 Å². The fourth-order valence-corrected chi connectivity index (χ4v) is 8.75. The lowest BCUT2D eigenvalue weighted by Gasteiger charge is -2.44.